The normalized spacial score (nSPS) is 18.6. The molecule has 2 N–H and O–H groups in total. The van der Waals surface area contributed by atoms with Crippen LogP contribution in [0.3, 0.4) is 0 Å². The molecule has 32 heavy (non-hydrogen) atoms. The van der Waals surface area contributed by atoms with Crippen LogP contribution in [-0.4, -0.2) is 52.3 Å². The average Bonchev–Trinajstić information content (AvgIpc) is 3.19. The van der Waals surface area contributed by atoms with Crippen molar-refractivity contribution in [3.8, 4) is 11.4 Å². The van der Waals surface area contributed by atoms with E-state index < -0.39 is 11.4 Å². The number of imidazole rings is 1. The molecular formula is C25H30N4O3. The molecule has 1 aliphatic heterocycles. The number of carboxylic acids is 1. The highest BCUT2D eigenvalue weighted by molar-refractivity contribution is 5.80. The highest BCUT2D eigenvalue weighted by Crippen LogP contribution is 2.41. The molecule has 0 amide bonds. The number of carbonyl (C=O) groups is 1. The number of hydrogen-bond donors (Lipinski definition) is 2. The van der Waals surface area contributed by atoms with E-state index in [-0.39, 0.29) is 0 Å². The zero-order valence-corrected chi connectivity index (χ0v) is 18.5. The molecule has 3 aromatic rings. The molecule has 0 bridgehead atoms. The Morgan fingerprint density at radius 2 is 2.06 bits per heavy atom. The number of benzene rings is 1. The van der Waals surface area contributed by atoms with Crippen LogP contribution in [0.1, 0.15) is 37.7 Å². The first-order chi connectivity index (χ1) is 15.5. The number of aromatic nitrogens is 3. The van der Waals surface area contributed by atoms with Crippen molar-refractivity contribution in [2.75, 3.05) is 31.2 Å². The van der Waals surface area contributed by atoms with Crippen molar-refractivity contribution in [3.63, 3.8) is 0 Å². The third-order valence-corrected chi connectivity index (χ3v) is 7.09. The van der Waals surface area contributed by atoms with Gasteiger partial charge in [-0.05, 0) is 68.4 Å². The van der Waals surface area contributed by atoms with Gasteiger partial charge in [0.1, 0.15) is 11.6 Å². The van der Waals surface area contributed by atoms with Crippen molar-refractivity contribution in [3.05, 3.63) is 42.1 Å². The van der Waals surface area contributed by atoms with E-state index in [1.165, 1.54) is 5.56 Å². The van der Waals surface area contributed by atoms with Gasteiger partial charge in [-0.3, -0.25) is 4.79 Å². The smallest absolute Gasteiger partial charge is 0.311 e. The molecule has 1 saturated heterocycles. The van der Waals surface area contributed by atoms with E-state index in [4.69, 9.17) is 14.7 Å². The van der Waals surface area contributed by atoms with Crippen molar-refractivity contribution in [2.24, 2.45) is 11.3 Å². The van der Waals surface area contributed by atoms with Gasteiger partial charge in [0.05, 0.1) is 23.1 Å². The number of rotatable bonds is 7. The molecule has 2 aliphatic rings. The molecule has 168 valence electrons. The van der Waals surface area contributed by atoms with Gasteiger partial charge in [0.25, 0.3) is 0 Å². The molecule has 3 heterocycles. The number of ether oxygens (including phenoxy) is 1. The van der Waals surface area contributed by atoms with Gasteiger partial charge in [-0.2, -0.15) is 0 Å². The number of aromatic amines is 1. The Labute approximate surface area is 187 Å². The lowest BCUT2D eigenvalue weighted by Gasteiger charge is -2.38. The SMILES string of the molecule is Cc1ccc2[nH]c(-c3ccc(N4CCC(COCC5(C(=O)O)CCC5)CC4)nc3)nc2c1. The van der Waals surface area contributed by atoms with Crippen molar-refractivity contribution in [2.45, 2.75) is 39.0 Å². The Bertz CT molecular complexity index is 1100. The number of fused-ring (bicyclic) bond motifs is 1. The molecular weight excluding hydrogens is 404 g/mol. The van der Waals surface area contributed by atoms with Gasteiger partial charge in [0, 0.05) is 31.5 Å². The summed E-state index contributed by atoms with van der Waals surface area (Å²) in [6.07, 6.45) is 6.44. The van der Waals surface area contributed by atoms with Gasteiger partial charge in [0.2, 0.25) is 0 Å². The zero-order valence-electron chi connectivity index (χ0n) is 18.5. The van der Waals surface area contributed by atoms with E-state index in [0.717, 1.165) is 73.4 Å². The van der Waals surface area contributed by atoms with E-state index in [1.807, 2.05) is 6.20 Å². The van der Waals surface area contributed by atoms with Crippen LogP contribution in [0.5, 0.6) is 0 Å². The summed E-state index contributed by atoms with van der Waals surface area (Å²) in [7, 11) is 0. The lowest BCUT2D eigenvalue weighted by Crippen LogP contribution is -2.43. The van der Waals surface area contributed by atoms with Gasteiger partial charge in [-0.15, -0.1) is 0 Å². The van der Waals surface area contributed by atoms with Crippen LogP contribution in [0.25, 0.3) is 22.4 Å². The quantitative estimate of drug-likeness (QED) is 0.572. The Morgan fingerprint density at radius 3 is 2.72 bits per heavy atom. The molecule has 1 aromatic carbocycles. The molecule has 1 saturated carbocycles. The molecule has 7 heteroatoms. The van der Waals surface area contributed by atoms with E-state index >= 15 is 0 Å². The predicted molar refractivity (Wildman–Crippen MR) is 124 cm³/mol. The number of aryl methyl sites for hydroxylation is 1. The monoisotopic (exact) mass is 434 g/mol. The molecule has 0 atom stereocenters. The molecule has 0 spiro atoms. The summed E-state index contributed by atoms with van der Waals surface area (Å²) in [5.74, 6) is 1.60. The fourth-order valence-electron chi connectivity index (χ4n) is 4.74. The number of anilines is 1. The van der Waals surface area contributed by atoms with Gasteiger partial charge < -0.3 is 19.7 Å². The van der Waals surface area contributed by atoms with Crippen molar-refractivity contribution < 1.29 is 14.6 Å². The van der Waals surface area contributed by atoms with Crippen LogP contribution in [-0.2, 0) is 9.53 Å². The maximum atomic E-state index is 11.5. The minimum Gasteiger partial charge on any atom is -0.481 e. The zero-order chi connectivity index (χ0) is 22.1. The lowest BCUT2D eigenvalue weighted by molar-refractivity contribution is -0.160. The molecule has 1 aliphatic carbocycles. The number of nitrogens with zero attached hydrogens (tertiary/aromatic N) is 3. The fourth-order valence-corrected chi connectivity index (χ4v) is 4.74. The maximum absolute atomic E-state index is 11.5. The minimum atomic E-state index is -0.703. The molecule has 2 fully saturated rings. The van der Waals surface area contributed by atoms with Crippen LogP contribution >= 0.6 is 0 Å². The van der Waals surface area contributed by atoms with E-state index in [1.54, 1.807) is 0 Å². The van der Waals surface area contributed by atoms with Gasteiger partial charge in [-0.25, -0.2) is 9.97 Å². The van der Waals surface area contributed by atoms with Crippen LogP contribution < -0.4 is 4.90 Å². The maximum Gasteiger partial charge on any atom is 0.311 e. The minimum absolute atomic E-state index is 0.354. The van der Waals surface area contributed by atoms with Crippen LogP contribution in [0.4, 0.5) is 5.82 Å². The third kappa shape index (κ3) is 4.09. The van der Waals surface area contributed by atoms with E-state index in [2.05, 4.69) is 47.1 Å². The van der Waals surface area contributed by atoms with Crippen molar-refractivity contribution in [1.82, 2.24) is 15.0 Å². The summed E-state index contributed by atoms with van der Waals surface area (Å²) in [6.45, 7) is 4.96. The fraction of sp³-hybridized carbons (Fsp3) is 0.480. The largest absolute Gasteiger partial charge is 0.481 e. The number of piperidine rings is 1. The van der Waals surface area contributed by atoms with Crippen molar-refractivity contribution >= 4 is 22.8 Å². The number of aliphatic carboxylic acids is 1. The third-order valence-electron chi connectivity index (χ3n) is 7.09. The average molecular weight is 435 g/mol. The number of carboxylic acid groups (broad SMARTS) is 1. The highest BCUT2D eigenvalue weighted by Gasteiger charge is 2.44. The van der Waals surface area contributed by atoms with E-state index in [0.29, 0.717) is 19.1 Å². The number of H-pyrrole nitrogens is 1. The molecule has 5 rings (SSSR count). The number of pyridine rings is 1. The highest BCUT2D eigenvalue weighted by atomic mass is 16.5. The second-order valence-corrected chi connectivity index (χ2v) is 9.40. The van der Waals surface area contributed by atoms with Gasteiger partial charge in [-0.1, -0.05) is 12.5 Å². The molecule has 2 aromatic heterocycles. The van der Waals surface area contributed by atoms with E-state index in [9.17, 15) is 9.90 Å². The topological polar surface area (TPSA) is 91.3 Å². The van der Waals surface area contributed by atoms with Crippen LogP contribution in [0, 0.1) is 18.3 Å². The Hall–Kier alpha value is -2.93. The summed E-state index contributed by atoms with van der Waals surface area (Å²) in [5, 5.41) is 9.42. The van der Waals surface area contributed by atoms with Gasteiger partial charge >= 0.3 is 5.97 Å². The first-order valence-electron chi connectivity index (χ1n) is 11.5. The molecule has 0 unspecified atom stereocenters. The lowest BCUT2D eigenvalue weighted by atomic mass is 9.69. The summed E-state index contributed by atoms with van der Waals surface area (Å²) >= 11 is 0. The summed E-state index contributed by atoms with van der Waals surface area (Å²) < 4.78 is 5.85. The molecule has 7 nitrogen and oxygen atoms in total. The first-order valence-corrected chi connectivity index (χ1v) is 11.5. The molecule has 0 radical (unpaired) electrons. The summed E-state index contributed by atoms with van der Waals surface area (Å²) in [5.41, 5.74) is 3.56. The number of hydrogen-bond acceptors (Lipinski definition) is 5. The summed E-state index contributed by atoms with van der Waals surface area (Å²) in [4.78, 5) is 26.5. The first kappa shape index (κ1) is 20.9. The second kappa shape index (κ2) is 8.54. The van der Waals surface area contributed by atoms with Crippen molar-refractivity contribution in [1.29, 1.82) is 0 Å². The number of nitrogens with one attached hydrogen (secondary N) is 1. The standard InChI is InChI=1S/C25H30N4O3/c1-17-3-5-20-21(13-17)28-23(27-20)19-4-6-22(26-14-19)29-11-7-18(8-12-29)15-32-16-25(24(30)31)9-2-10-25/h3-6,13-14,18H,2,7-12,15-16H2,1H3,(H,27,28)(H,30,31). The van der Waals surface area contributed by atoms with Crippen LogP contribution in [0.2, 0.25) is 0 Å². The Kier molecular flexibility index (Phi) is 5.59. The van der Waals surface area contributed by atoms with Gasteiger partial charge in [0.15, 0.2) is 0 Å². The predicted octanol–water partition coefficient (Wildman–Crippen LogP) is 4.42. The van der Waals surface area contributed by atoms with Crippen LogP contribution in [0.15, 0.2) is 36.5 Å². The second-order valence-electron chi connectivity index (χ2n) is 9.40. The summed E-state index contributed by atoms with van der Waals surface area (Å²) in [6, 6.07) is 10.4. The Morgan fingerprint density at radius 1 is 1.25 bits per heavy atom. The Balaban J connectivity index is 1.14.